The van der Waals surface area contributed by atoms with Gasteiger partial charge in [-0.1, -0.05) is 0 Å². The van der Waals surface area contributed by atoms with Crippen molar-refractivity contribution in [3.05, 3.63) is 16.1 Å². The molecule has 0 aliphatic heterocycles. The highest BCUT2D eigenvalue weighted by Gasteiger charge is 2.12. The number of thiazole rings is 1. The van der Waals surface area contributed by atoms with Crippen molar-refractivity contribution in [3.63, 3.8) is 0 Å². The highest BCUT2D eigenvalue weighted by atomic mass is 32.1. The summed E-state index contributed by atoms with van der Waals surface area (Å²) in [7, 11) is 2.19. The zero-order valence-electron chi connectivity index (χ0n) is 13.3. The molecule has 0 aliphatic carbocycles. The fraction of sp³-hybridized carbons (Fsp3) is 0.800. The summed E-state index contributed by atoms with van der Waals surface area (Å²) in [5.74, 6) is 0. The van der Waals surface area contributed by atoms with E-state index in [0.29, 0.717) is 6.04 Å². The largest absolute Gasteiger partial charge is 0.312 e. The first-order chi connectivity index (χ1) is 8.78. The molecule has 4 heteroatoms. The normalized spacial score (nSPS) is 14.1. The van der Waals surface area contributed by atoms with E-state index in [1.807, 2.05) is 0 Å². The molecule has 0 amide bonds. The lowest BCUT2D eigenvalue weighted by Gasteiger charge is -2.25. The molecule has 0 radical (unpaired) electrons. The van der Waals surface area contributed by atoms with E-state index in [2.05, 4.69) is 62.2 Å². The van der Waals surface area contributed by atoms with E-state index in [1.54, 1.807) is 11.3 Å². The zero-order valence-corrected chi connectivity index (χ0v) is 14.1. The van der Waals surface area contributed by atoms with Crippen LogP contribution in [0, 0.1) is 6.92 Å². The molecule has 1 aromatic heterocycles. The van der Waals surface area contributed by atoms with Crippen molar-refractivity contribution in [3.8, 4) is 0 Å². The first-order valence-electron chi connectivity index (χ1n) is 7.14. The highest BCUT2D eigenvalue weighted by Crippen LogP contribution is 2.13. The SMILES string of the molecule is Cc1nc(CN(C)C(C)CCCNC(C)(C)C)cs1. The van der Waals surface area contributed by atoms with Crippen molar-refractivity contribution in [1.82, 2.24) is 15.2 Å². The Hall–Kier alpha value is -0.450. The molecule has 1 rings (SSSR count). The number of nitrogens with zero attached hydrogens (tertiary/aromatic N) is 2. The van der Waals surface area contributed by atoms with Crippen LogP contribution in [0.4, 0.5) is 0 Å². The first kappa shape index (κ1) is 16.6. The summed E-state index contributed by atoms with van der Waals surface area (Å²) < 4.78 is 0. The second-order valence-corrected chi connectivity index (χ2v) is 7.50. The molecule has 1 N–H and O–H groups in total. The van der Waals surface area contributed by atoms with E-state index in [1.165, 1.54) is 18.5 Å². The van der Waals surface area contributed by atoms with E-state index in [-0.39, 0.29) is 5.54 Å². The smallest absolute Gasteiger partial charge is 0.0897 e. The zero-order chi connectivity index (χ0) is 14.5. The molecular weight excluding hydrogens is 254 g/mol. The van der Waals surface area contributed by atoms with Crippen molar-refractivity contribution in [1.29, 1.82) is 0 Å². The van der Waals surface area contributed by atoms with Crippen LogP contribution < -0.4 is 5.32 Å². The molecule has 0 bridgehead atoms. The van der Waals surface area contributed by atoms with Crippen LogP contribution in [0.5, 0.6) is 0 Å². The van der Waals surface area contributed by atoms with Crippen LogP contribution in [0.2, 0.25) is 0 Å². The molecule has 1 unspecified atom stereocenters. The van der Waals surface area contributed by atoms with Crippen LogP contribution in [0.25, 0.3) is 0 Å². The maximum atomic E-state index is 4.53. The Morgan fingerprint density at radius 3 is 2.63 bits per heavy atom. The monoisotopic (exact) mass is 283 g/mol. The lowest BCUT2D eigenvalue weighted by atomic mass is 10.1. The summed E-state index contributed by atoms with van der Waals surface area (Å²) in [6.45, 7) is 13.1. The van der Waals surface area contributed by atoms with Gasteiger partial charge in [0.1, 0.15) is 0 Å². The Morgan fingerprint density at radius 2 is 2.11 bits per heavy atom. The van der Waals surface area contributed by atoms with E-state index < -0.39 is 0 Å². The number of aryl methyl sites for hydroxylation is 1. The van der Waals surface area contributed by atoms with Crippen LogP contribution in [-0.4, -0.2) is 35.1 Å². The molecule has 19 heavy (non-hydrogen) atoms. The second-order valence-electron chi connectivity index (χ2n) is 6.44. The van der Waals surface area contributed by atoms with Crippen LogP contribution in [-0.2, 0) is 6.54 Å². The van der Waals surface area contributed by atoms with Gasteiger partial charge in [0.05, 0.1) is 10.7 Å². The molecule has 0 saturated heterocycles. The van der Waals surface area contributed by atoms with E-state index in [0.717, 1.165) is 18.1 Å². The number of nitrogens with one attached hydrogen (secondary N) is 1. The van der Waals surface area contributed by atoms with Gasteiger partial charge < -0.3 is 5.32 Å². The van der Waals surface area contributed by atoms with Crippen LogP contribution in [0.3, 0.4) is 0 Å². The summed E-state index contributed by atoms with van der Waals surface area (Å²) >= 11 is 1.73. The summed E-state index contributed by atoms with van der Waals surface area (Å²) in [4.78, 5) is 6.92. The third-order valence-corrected chi connectivity index (χ3v) is 4.11. The third kappa shape index (κ3) is 7.04. The van der Waals surface area contributed by atoms with Crippen molar-refractivity contribution >= 4 is 11.3 Å². The molecule has 0 spiro atoms. The van der Waals surface area contributed by atoms with Gasteiger partial charge in [0, 0.05) is 23.5 Å². The molecular formula is C15H29N3S. The van der Waals surface area contributed by atoms with Crippen LogP contribution >= 0.6 is 11.3 Å². The van der Waals surface area contributed by atoms with Gasteiger partial charge in [-0.05, 0) is 61.1 Å². The van der Waals surface area contributed by atoms with Gasteiger partial charge in [-0.25, -0.2) is 4.98 Å². The molecule has 0 aromatic carbocycles. The van der Waals surface area contributed by atoms with E-state index in [4.69, 9.17) is 0 Å². The first-order valence-corrected chi connectivity index (χ1v) is 8.02. The number of hydrogen-bond donors (Lipinski definition) is 1. The summed E-state index contributed by atoms with van der Waals surface area (Å²) in [6.07, 6.45) is 2.45. The lowest BCUT2D eigenvalue weighted by molar-refractivity contribution is 0.230. The van der Waals surface area contributed by atoms with Crippen molar-refractivity contribution < 1.29 is 0 Å². The van der Waals surface area contributed by atoms with E-state index >= 15 is 0 Å². The van der Waals surface area contributed by atoms with Crippen molar-refractivity contribution in [2.45, 2.75) is 65.6 Å². The topological polar surface area (TPSA) is 28.2 Å². The second kappa shape index (κ2) is 7.36. The quantitative estimate of drug-likeness (QED) is 0.777. The Labute approximate surface area is 122 Å². The summed E-state index contributed by atoms with van der Waals surface area (Å²) in [6, 6.07) is 0.601. The fourth-order valence-electron chi connectivity index (χ4n) is 1.97. The van der Waals surface area contributed by atoms with Gasteiger partial charge in [-0.15, -0.1) is 11.3 Å². The molecule has 0 fully saturated rings. The standard InChI is InChI=1S/C15H29N3S/c1-12(8-7-9-16-15(3,4)5)18(6)10-14-11-19-13(2)17-14/h11-12,16H,7-10H2,1-6H3. The number of aromatic nitrogens is 1. The molecule has 1 aromatic rings. The van der Waals surface area contributed by atoms with Crippen molar-refractivity contribution in [2.24, 2.45) is 0 Å². The minimum atomic E-state index is 0.229. The van der Waals surface area contributed by atoms with E-state index in [9.17, 15) is 0 Å². The molecule has 110 valence electrons. The highest BCUT2D eigenvalue weighted by molar-refractivity contribution is 7.09. The van der Waals surface area contributed by atoms with Gasteiger partial charge in [0.15, 0.2) is 0 Å². The average molecular weight is 283 g/mol. The van der Waals surface area contributed by atoms with Gasteiger partial charge in [-0.3, -0.25) is 4.90 Å². The Morgan fingerprint density at radius 1 is 1.42 bits per heavy atom. The minimum Gasteiger partial charge on any atom is -0.312 e. The predicted octanol–water partition coefficient (Wildman–Crippen LogP) is 3.44. The molecule has 3 nitrogen and oxygen atoms in total. The Bertz CT molecular complexity index is 368. The lowest BCUT2D eigenvalue weighted by Crippen LogP contribution is -2.37. The summed E-state index contributed by atoms with van der Waals surface area (Å²) in [5.41, 5.74) is 1.43. The van der Waals surface area contributed by atoms with Gasteiger partial charge >= 0.3 is 0 Å². The molecule has 1 heterocycles. The maximum Gasteiger partial charge on any atom is 0.0897 e. The third-order valence-electron chi connectivity index (χ3n) is 3.28. The van der Waals surface area contributed by atoms with Crippen molar-refractivity contribution in [2.75, 3.05) is 13.6 Å². The average Bonchev–Trinajstić information content (AvgIpc) is 2.68. The maximum absolute atomic E-state index is 4.53. The predicted molar refractivity (Wildman–Crippen MR) is 84.8 cm³/mol. The van der Waals surface area contributed by atoms with Gasteiger partial charge in [-0.2, -0.15) is 0 Å². The Balaban J connectivity index is 2.23. The summed E-state index contributed by atoms with van der Waals surface area (Å²) in [5, 5.41) is 6.86. The fourth-order valence-corrected chi connectivity index (χ4v) is 2.58. The van der Waals surface area contributed by atoms with Crippen LogP contribution in [0.15, 0.2) is 5.38 Å². The van der Waals surface area contributed by atoms with Gasteiger partial charge in [0.2, 0.25) is 0 Å². The number of rotatable bonds is 7. The minimum absolute atomic E-state index is 0.229. The molecule has 0 aliphatic rings. The molecule has 1 atom stereocenters. The van der Waals surface area contributed by atoms with Gasteiger partial charge in [0.25, 0.3) is 0 Å². The Kier molecular flexibility index (Phi) is 6.43. The van der Waals surface area contributed by atoms with Crippen LogP contribution in [0.1, 0.15) is 51.2 Å². The number of hydrogen-bond acceptors (Lipinski definition) is 4. The molecule has 0 saturated carbocycles.